The number of nitrogens with one attached hydrogen (secondary N) is 2. The van der Waals surface area contributed by atoms with Gasteiger partial charge in [-0.15, -0.1) is 0 Å². The third kappa shape index (κ3) is 5.85. The zero-order valence-corrected chi connectivity index (χ0v) is 18.5. The fraction of sp³-hybridized carbons (Fsp3) is 0.429. The second-order valence-corrected chi connectivity index (χ2v) is 8.00. The van der Waals surface area contributed by atoms with Crippen LogP contribution in [0.5, 0.6) is 5.75 Å². The SMILES string of the molecule is CCCNc1nc(SCC)nc2c1cnn2CCNC(=O)COc1ccc(C)cc1. The van der Waals surface area contributed by atoms with Gasteiger partial charge in [0.05, 0.1) is 18.1 Å². The van der Waals surface area contributed by atoms with Gasteiger partial charge in [-0.1, -0.05) is 43.3 Å². The Morgan fingerprint density at radius 3 is 2.70 bits per heavy atom. The summed E-state index contributed by atoms with van der Waals surface area (Å²) in [6, 6.07) is 7.61. The second kappa shape index (κ2) is 10.8. The molecular formula is C21H28N6O2S. The first-order valence-electron chi connectivity index (χ1n) is 10.2. The van der Waals surface area contributed by atoms with E-state index in [9.17, 15) is 4.79 Å². The van der Waals surface area contributed by atoms with Crippen molar-refractivity contribution in [2.24, 2.45) is 0 Å². The van der Waals surface area contributed by atoms with Crippen LogP contribution in [0.25, 0.3) is 11.0 Å². The van der Waals surface area contributed by atoms with Gasteiger partial charge in [-0.05, 0) is 31.2 Å². The number of hydrogen-bond donors (Lipinski definition) is 2. The number of carbonyl (C=O) groups is 1. The van der Waals surface area contributed by atoms with Crippen LogP contribution in [0.2, 0.25) is 0 Å². The molecule has 0 bridgehead atoms. The van der Waals surface area contributed by atoms with Crippen molar-refractivity contribution in [3.8, 4) is 5.75 Å². The molecule has 9 heteroatoms. The maximum absolute atomic E-state index is 12.1. The van der Waals surface area contributed by atoms with Gasteiger partial charge in [0, 0.05) is 13.1 Å². The highest BCUT2D eigenvalue weighted by atomic mass is 32.2. The molecule has 2 heterocycles. The van der Waals surface area contributed by atoms with Crippen LogP contribution >= 0.6 is 11.8 Å². The molecule has 3 rings (SSSR count). The molecule has 1 amide bonds. The molecule has 30 heavy (non-hydrogen) atoms. The molecule has 1 aromatic carbocycles. The third-order valence-electron chi connectivity index (χ3n) is 4.33. The number of rotatable bonds is 11. The molecule has 0 fully saturated rings. The topological polar surface area (TPSA) is 94.0 Å². The smallest absolute Gasteiger partial charge is 0.258 e. The minimum absolute atomic E-state index is 0.0204. The largest absolute Gasteiger partial charge is 0.484 e. The number of ether oxygens (including phenoxy) is 1. The fourth-order valence-corrected chi connectivity index (χ4v) is 3.37. The molecule has 0 unspecified atom stereocenters. The van der Waals surface area contributed by atoms with E-state index in [4.69, 9.17) is 4.74 Å². The minimum Gasteiger partial charge on any atom is -0.484 e. The number of benzene rings is 1. The van der Waals surface area contributed by atoms with E-state index < -0.39 is 0 Å². The number of thioether (sulfide) groups is 1. The van der Waals surface area contributed by atoms with E-state index in [-0.39, 0.29) is 12.5 Å². The predicted octanol–water partition coefficient (Wildman–Crippen LogP) is 3.26. The zero-order valence-electron chi connectivity index (χ0n) is 17.6. The van der Waals surface area contributed by atoms with Gasteiger partial charge in [0.1, 0.15) is 11.6 Å². The highest BCUT2D eigenvalue weighted by Gasteiger charge is 2.13. The molecule has 2 aromatic heterocycles. The fourth-order valence-electron chi connectivity index (χ4n) is 2.81. The summed E-state index contributed by atoms with van der Waals surface area (Å²) in [5, 5.41) is 12.3. The normalized spacial score (nSPS) is 10.9. The maximum atomic E-state index is 12.1. The monoisotopic (exact) mass is 428 g/mol. The van der Waals surface area contributed by atoms with Crippen LogP contribution in [0.15, 0.2) is 35.6 Å². The van der Waals surface area contributed by atoms with Gasteiger partial charge in [0.15, 0.2) is 17.4 Å². The van der Waals surface area contributed by atoms with Crippen LogP contribution in [0.4, 0.5) is 5.82 Å². The third-order valence-corrected chi connectivity index (χ3v) is 5.06. The van der Waals surface area contributed by atoms with Crippen molar-refractivity contribution in [1.82, 2.24) is 25.1 Å². The van der Waals surface area contributed by atoms with Crippen LogP contribution in [0, 0.1) is 6.92 Å². The van der Waals surface area contributed by atoms with Gasteiger partial charge in [-0.25, -0.2) is 14.6 Å². The number of aromatic nitrogens is 4. The summed E-state index contributed by atoms with van der Waals surface area (Å²) in [7, 11) is 0. The first-order chi connectivity index (χ1) is 14.6. The minimum atomic E-state index is -0.172. The lowest BCUT2D eigenvalue weighted by atomic mass is 10.2. The molecule has 160 valence electrons. The van der Waals surface area contributed by atoms with Gasteiger partial charge >= 0.3 is 0 Å². The van der Waals surface area contributed by atoms with Gasteiger partial charge in [0.2, 0.25) is 0 Å². The summed E-state index contributed by atoms with van der Waals surface area (Å²) in [5.41, 5.74) is 1.92. The Hall–Kier alpha value is -2.81. The number of aryl methyl sites for hydroxylation is 1. The van der Waals surface area contributed by atoms with Crippen LogP contribution in [-0.4, -0.2) is 51.1 Å². The van der Waals surface area contributed by atoms with Gasteiger partial charge in [-0.2, -0.15) is 5.10 Å². The number of hydrogen-bond acceptors (Lipinski definition) is 7. The average molecular weight is 429 g/mol. The van der Waals surface area contributed by atoms with Crippen molar-refractivity contribution in [2.75, 3.05) is 30.8 Å². The number of carbonyl (C=O) groups excluding carboxylic acids is 1. The molecule has 0 aliphatic heterocycles. The highest BCUT2D eigenvalue weighted by Crippen LogP contribution is 2.24. The van der Waals surface area contributed by atoms with Crippen molar-refractivity contribution >= 4 is 34.5 Å². The van der Waals surface area contributed by atoms with Gasteiger partial charge < -0.3 is 15.4 Å². The number of anilines is 1. The Morgan fingerprint density at radius 1 is 1.17 bits per heavy atom. The second-order valence-electron chi connectivity index (χ2n) is 6.77. The number of fused-ring (bicyclic) bond motifs is 1. The lowest BCUT2D eigenvalue weighted by molar-refractivity contribution is -0.123. The average Bonchev–Trinajstić information content (AvgIpc) is 3.15. The van der Waals surface area contributed by atoms with Crippen molar-refractivity contribution in [3.05, 3.63) is 36.0 Å². The van der Waals surface area contributed by atoms with Gasteiger partial charge in [-0.3, -0.25) is 4.79 Å². The van der Waals surface area contributed by atoms with Gasteiger partial charge in [0.25, 0.3) is 5.91 Å². The van der Waals surface area contributed by atoms with Crippen LogP contribution in [-0.2, 0) is 11.3 Å². The van der Waals surface area contributed by atoms with Crippen molar-refractivity contribution in [1.29, 1.82) is 0 Å². The highest BCUT2D eigenvalue weighted by molar-refractivity contribution is 7.99. The van der Waals surface area contributed by atoms with Crippen molar-refractivity contribution in [2.45, 2.75) is 38.9 Å². The molecule has 2 N–H and O–H groups in total. The van der Waals surface area contributed by atoms with Crippen molar-refractivity contribution in [3.63, 3.8) is 0 Å². The molecule has 8 nitrogen and oxygen atoms in total. The molecule has 0 radical (unpaired) electrons. The summed E-state index contributed by atoms with van der Waals surface area (Å²) < 4.78 is 7.31. The Balaban J connectivity index is 1.59. The zero-order chi connectivity index (χ0) is 21.3. The molecule has 0 saturated heterocycles. The summed E-state index contributed by atoms with van der Waals surface area (Å²) in [6.45, 7) is 7.96. The quantitative estimate of drug-likeness (QED) is 0.358. The van der Waals surface area contributed by atoms with Crippen LogP contribution < -0.4 is 15.4 Å². The number of nitrogens with zero attached hydrogens (tertiary/aromatic N) is 4. The molecular weight excluding hydrogens is 400 g/mol. The van der Waals surface area contributed by atoms with E-state index in [0.717, 1.165) is 46.3 Å². The first-order valence-corrected chi connectivity index (χ1v) is 11.2. The predicted molar refractivity (Wildman–Crippen MR) is 120 cm³/mol. The Labute approximate surface area is 180 Å². The first kappa shape index (κ1) is 21.9. The summed E-state index contributed by atoms with van der Waals surface area (Å²) in [5.74, 6) is 2.21. The lowest BCUT2D eigenvalue weighted by Gasteiger charge is -2.10. The van der Waals surface area contributed by atoms with Crippen LogP contribution in [0.1, 0.15) is 25.8 Å². The van der Waals surface area contributed by atoms with E-state index in [1.165, 1.54) is 0 Å². The molecule has 0 saturated carbocycles. The lowest BCUT2D eigenvalue weighted by Crippen LogP contribution is -2.31. The summed E-state index contributed by atoms with van der Waals surface area (Å²) in [6.07, 6.45) is 2.78. The van der Waals surface area contributed by atoms with E-state index >= 15 is 0 Å². The van der Waals surface area contributed by atoms with E-state index in [2.05, 4.69) is 39.5 Å². The molecule has 0 atom stereocenters. The Bertz CT molecular complexity index is 974. The summed E-state index contributed by atoms with van der Waals surface area (Å²) in [4.78, 5) is 21.3. The van der Waals surface area contributed by atoms with Crippen LogP contribution in [0.3, 0.4) is 0 Å². The Kier molecular flexibility index (Phi) is 7.89. The molecule has 0 aliphatic rings. The van der Waals surface area contributed by atoms with E-state index in [0.29, 0.717) is 18.8 Å². The van der Waals surface area contributed by atoms with E-state index in [1.54, 1.807) is 22.6 Å². The molecule has 0 spiro atoms. The Morgan fingerprint density at radius 2 is 1.97 bits per heavy atom. The van der Waals surface area contributed by atoms with E-state index in [1.807, 2.05) is 31.2 Å². The maximum Gasteiger partial charge on any atom is 0.258 e. The molecule has 3 aromatic rings. The number of amides is 1. The molecule has 0 aliphatic carbocycles. The van der Waals surface area contributed by atoms with Crippen molar-refractivity contribution < 1.29 is 9.53 Å². The standard InChI is InChI=1S/C21H28N6O2S/c1-4-10-23-19-17-13-24-27(20(17)26-21(25-19)30-5-2)12-11-22-18(28)14-29-16-8-6-15(3)7-9-16/h6-9,13H,4-5,10-12,14H2,1-3H3,(H,22,28)(H,23,25,26). The summed E-state index contributed by atoms with van der Waals surface area (Å²) >= 11 is 1.59.